The number of hydrogen-bond donors (Lipinski definition) is 6. The fraction of sp³-hybridized carbons (Fsp3) is 0.301. The normalized spacial score (nSPS) is 14.0. The maximum atomic E-state index is 13.5. The molecular formula is C73H73Cl3F9N17O11. The van der Waals surface area contributed by atoms with Gasteiger partial charge in [-0.05, 0) is 110 Å². The van der Waals surface area contributed by atoms with Gasteiger partial charge in [0.15, 0.2) is 34.5 Å². The average Bonchev–Trinajstić information content (AvgIpc) is 1.77. The minimum absolute atomic E-state index is 0.0312. The van der Waals surface area contributed by atoms with Gasteiger partial charge >= 0.3 is 18.5 Å². The quantitative estimate of drug-likeness (QED) is 0.0249. The molecule has 2 aliphatic heterocycles. The van der Waals surface area contributed by atoms with Gasteiger partial charge in [-0.25, -0.2) is 34.9 Å². The first-order chi connectivity index (χ1) is 54.0. The molecule has 7 N–H and O–H groups in total. The number of nitrogens with two attached hydrogens (primary N) is 1. The topological polar surface area (TPSA) is 320 Å². The second kappa shape index (κ2) is 36.8. The van der Waals surface area contributed by atoms with Crippen LogP contribution in [0.15, 0.2) is 129 Å². The summed E-state index contributed by atoms with van der Waals surface area (Å²) in [5.41, 5.74) is 5.58. The van der Waals surface area contributed by atoms with E-state index in [2.05, 4.69) is 60.8 Å². The Morgan fingerprint density at radius 1 is 0.460 bits per heavy atom. The van der Waals surface area contributed by atoms with Crippen molar-refractivity contribution in [3.63, 3.8) is 0 Å². The van der Waals surface area contributed by atoms with E-state index in [4.69, 9.17) is 88.3 Å². The summed E-state index contributed by atoms with van der Waals surface area (Å²) in [5.74, 6) is 6.44. The number of nitrogen functional groups attached to an aromatic ring is 1. The summed E-state index contributed by atoms with van der Waals surface area (Å²) in [6.45, 7) is 1.88. The highest BCUT2D eigenvalue weighted by atomic mass is 35.5. The maximum Gasteiger partial charge on any atom is 0.416 e. The molecule has 0 spiro atoms. The summed E-state index contributed by atoms with van der Waals surface area (Å²) < 4.78 is 170. The number of nitrogens with one attached hydrogen (secondary N) is 3. The predicted molar refractivity (Wildman–Crippen MR) is 405 cm³/mol. The van der Waals surface area contributed by atoms with Crippen molar-refractivity contribution in [1.29, 1.82) is 0 Å². The monoisotopic (exact) mass is 1640 g/mol. The third-order valence-electron chi connectivity index (χ3n) is 17.3. The number of aromatic nitrogens is 12. The molecule has 6 aromatic carbocycles. The third kappa shape index (κ3) is 20.2. The molecule has 0 radical (unpaired) electrons. The van der Waals surface area contributed by atoms with Gasteiger partial charge in [0.2, 0.25) is 33.8 Å². The molecule has 0 saturated carbocycles. The van der Waals surface area contributed by atoms with E-state index in [9.17, 15) is 44.6 Å². The van der Waals surface area contributed by atoms with Crippen molar-refractivity contribution >= 4 is 103 Å². The Morgan fingerprint density at radius 3 is 1.21 bits per heavy atom. The van der Waals surface area contributed by atoms with Gasteiger partial charge < -0.3 is 93.1 Å². The van der Waals surface area contributed by atoms with Gasteiger partial charge in [0.1, 0.15) is 53.2 Å². The van der Waals surface area contributed by atoms with Gasteiger partial charge in [0.05, 0.1) is 152 Å². The Morgan fingerprint density at radius 2 is 0.850 bits per heavy atom. The number of imidazole rings is 3. The number of aliphatic hydroxyl groups excluding tert-OH is 2. The number of fused-ring (bicyclic) bond motifs is 3. The number of aliphatic hydroxyl groups is 2. The first-order valence-electron chi connectivity index (χ1n) is 33.7. The maximum absolute atomic E-state index is 13.5. The number of ether oxygens (including phenoxy) is 9. The highest BCUT2D eigenvalue weighted by Gasteiger charge is 2.34. The molecule has 40 heteroatoms. The van der Waals surface area contributed by atoms with Crippen molar-refractivity contribution < 1.29 is 92.4 Å². The van der Waals surface area contributed by atoms with E-state index >= 15 is 0 Å². The fourth-order valence-electron chi connectivity index (χ4n) is 11.8. The average molecular weight is 1640 g/mol. The van der Waals surface area contributed by atoms with Crippen LogP contribution in [-0.2, 0) is 18.5 Å². The Bertz CT molecular complexity index is 5210. The zero-order valence-corrected chi connectivity index (χ0v) is 63.7. The van der Waals surface area contributed by atoms with E-state index in [1.165, 1.54) is 73.6 Å². The first-order valence-corrected chi connectivity index (χ1v) is 34.8. The molecule has 600 valence electrons. The molecule has 113 heavy (non-hydrogen) atoms. The van der Waals surface area contributed by atoms with E-state index in [0.717, 1.165) is 67.9 Å². The van der Waals surface area contributed by atoms with Gasteiger partial charge in [0.25, 0.3) is 0 Å². The summed E-state index contributed by atoms with van der Waals surface area (Å²) in [6, 6.07) is 20.4. The lowest BCUT2D eigenvalue weighted by Crippen LogP contribution is -2.33. The zero-order valence-electron chi connectivity index (χ0n) is 61.4. The van der Waals surface area contributed by atoms with Crippen LogP contribution in [-0.4, -0.2) is 171 Å². The molecule has 14 rings (SSSR count). The van der Waals surface area contributed by atoms with Crippen LogP contribution in [0, 0.1) is 0 Å². The fourth-order valence-corrected chi connectivity index (χ4v) is 12.4. The van der Waals surface area contributed by atoms with Gasteiger partial charge in [0, 0.05) is 65.1 Å². The molecule has 6 aromatic heterocycles. The van der Waals surface area contributed by atoms with E-state index < -0.39 is 35.2 Å². The van der Waals surface area contributed by atoms with Gasteiger partial charge in [-0.15, -0.1) is 0 Å². The second-order valence-corrected chi connectivity index (χ2v) is 25.3. The van der Waals surface area contributed by atoms with Crippen molar-refractivity contribution in [2.45, 2.75) is 56.3 Å². The molecule has 8 heterocycles. The molecule has 28 nitrogen and oxygen atoms in total. The summed E-state index contributed by atoms with van der Waals surface area (Å²) in [5, 5.41) is 28.3. The predicted octanol–water partition coefficient (Wildman–Crippen LogP) is 15.0. The van der Waals surface area contributed by atoms with Crippen LogP contribution in [0.25, 0.3) is 49.8 Å². The van der Waals surface area contributed by atoms with Crippen LogP contribution < -0.4 is 69.2 Å². The molecule has 0 amide bonds. The standard InChI is InChI=1S/C26H27F3N6O4.C21H17ClF3N5O3.C12H15N3O3.C9H3Cl2F3N2.C5H11NO/c1-37-20-10-17(11-21(38-2)23(20)39-3)34-12-22(30-14-34)32-24-18-7-6-15(26(27,28)29)9-19(18)31-25(33-24)35-8-4-5-16(35)13-36;1-31-15-7-12(8-16(32-2)18(15)33-3)30-9-17(26-10-30)28-19-13-5-4-11(21(23,24)25)6-14(13)27-20(22)29-19;1-16-9-4-8(15-6-11(13)14-7-15)5-10(17-2)12(9)18-3;10-7-5-2-1-4(9(12,13)14)3-6(5)15-8(11)16-7;7-4-5-2-1-3-6-5/h6-7,9-12,14,16,36H,4-5,8,13H2,1-3H3,(H,31,32,33);4-10H,1-3H3,(H,27,28,29);4-7H,13H2,1-3H3;1-3H;5-7H,1-4H2/t16-;;;;5-/m0...0/s1. The molecule has 2 saturated heterocycles. The van der Waals surface area contributed by atoms with Gasteiger partial charge in [-0.1, -0.05) is 11.6 Å². The minimum atomic E-state index is -4.52. The summed E-state index contributed by atoms with van der Waals surface area (Å²) in [6.07, 6.45) is 0.284. The third-order valence-corrected chi connectivity index (χ3v) is 17.9. The Kier molecular flexibility index (Phi) is 27.3. The number of rotatable bonds is 19. The zero-order chi connectivity index (χ0) is 81.6. The smallest absolute Gasteiger partial charge is 0.416 e. The van der Waals surface area contributed by atoms with Crippen molar-refractivity contribution in [3.8, 4) is 68.8 Å². The molecule has 0 unspecified atom stereocenters. The van der Waals surface area contributed by atoms with Crippen LogP contribution in [0.4, 0.5) is 74.6 Å². The van der Waals surface area contributed by atoms with E-state index in [1.54, 1.807) is 90.5 Å². The number of benzene rings is 6. The Balaban J connectivity index is 0.000000163. The Hall–Kier alpha value is -11.5. The van der Waals surface area contributed by atoms with Crippen LogP contribution in [0.5, 0.6) is 51.7 Å². The lowest BCUT2D eigenvalue weighted by atomic mass is 10.1. The molecule has 12 aromatic rings. The van der Waals surface area contributed by atoms with Crippen LogP contribution in [0.3, 0.4) is 0 Å². The van der Waals surface area contributed by atoms with Crippen LogP contribution in [0.2, 0.25) is 15.7 Å². The van der Waals surface area contributed by atoms with Gasteiger partial charge in [-0.2, -0.15) is 49.5 Å². The number of hydrogen-bond acceptors (Lipinski definition) is 25. The highest BCUT2D eigenvalue weighted by Crippen LogP contribution is 2.44. The molecule has 2 fully saturated rings. The number of anilines is 6. The van der Waals surface area contributed by atoms with Crippen molar-refractivity contribution in [2.75, 3.05) is 112 Å². The summed E-state index contributed by atoms with van der Waals surface area (Å²) in [4.78, 5) is 38.9. The molecule has 2 aliphatic rings. The van der Waals surface area contributed by atoms with E-state index in [1.807, 2.05) is 17.0 Å². The lowest BCUT2D eigenvalue weighted by molar-refractivity contribution is -0.138. The highest BCUT2D eigenvalue weighted by molar-refractivity contribution is 6.35. The number of alkyl halides is 9. The molecular weight excluding hydrogens is 1570 g/mol. The van der Waals surface area contributed by atoms with Crippen molar-refractivity contribution in [1.82, 2.24) is 63.9 Å². The molecule has 0 bridgehead atoms. The van der Waals surface area contributed by atoms with Crippen molar-refractivity contribution in [2.24, 2.45) is 0 Å². The first kappa shape index (κ1) is 84.0. The largest absolute Gasteiger partial charge is 0.493 e. The molecule has 0 aliphatic carbocycles. The number of halogens is 12. The Labute approximate surface area is 653 Å². The minimum Gasteiger partial charge on any atom is -0.493 e. The number of nitrogens with zero attached hydrogens (tertiary/aromatic N) is 13. The van der Waals surface area contributed by atoms with Crippen LogP contribution >= 0.6 is 34.8 Å². The second-order valence-electron chi connectivity index (χ2n) is 24.3. The van der Waals surface area contributed by atoms with E-state index in [-0.39, 0.29) is 56.7 Å². The number of methoxy groups -OCH3 is 9. The SMILES string of the molecule is COc1cc(-n2cnc(N)c2)cc(OC)c1OC.COc1cc(-n2cnc(Nc3nc(Cl)nc4cc(C(F)(F)F)ccc34)c2)cc(OC)c1OC.COc1cc(-n2cnc(Nc3nc(N4CCC[C@H]4CO)nc4cc(C(F)(F)F)ccc34)c2)cc(OC)c1OC.FC(F)(F)c1ccc2c(Cl)nc(Cl)nc2c1.OC[C@@H]1CCCN1. The van der Waals surface area contributed by atoms with Crippen molar-refractivity contribution in [3.05, 3.63) is 161 Å². The summed E-state index contributed by atoms with van der Waals surface area (Å²) >= 11 is 17.2. The molecule has 2 atom stereocenters. The lowest BCUT2D eigenvalue weighted by Gasteiger charge is -2.24. The van der Waals surface area contributed by atoms with Crippen LogP contribution in [0.1, 0.15) is 42.4 Å². The van der Waals surface area contributed by atoms with Gasteiger partial charge in [-0.3, -0.25) is 0 Å². The van der Waals surface area contributed by atoms with E-state index in [0.29, 0.717) is 122 Å². The summed E-state index contributed by atoms with van der Waals surface area (Å²) in [7, 11) is 13.8.